The Balaban J connectivity index is 0.000000137. The van der Waals surface area contributed by atoms with Crippen molar-refractivity contribution >= 4 is 137 Å². The number of hydrogen-bond acceptors (Lipinski definition) is 31. The number of carbonyl (C=O) groups is 4. The summed E-state index contributed by atoms with van der Waals surface area (Å²) >= 11 is 5.44. The van der Waals surface area contributed by atoms with Gasteiger partial charge in [0.15, 0.2) is 49.9 Å². The summed E-state index contributed by atoms with van der Waals surface area (Å²) in [4.78, 5) is 122. The molecule has 694 valence electrons. The topological polar surface area (TPSA) is 473 Å². The molecule has 8 amide bonds. The van der Waals surface area contributed by atoms with E-state index in [0.29, 0.717) is 128 Å². The van der Waals surface area contributed by atoms with Crippen LogP contribution in [0.3, 0.4) is 0 Å². The summed E-state index contributed by atoms with van der Waals surface area (Å²) in [7, 11) is 1.74. The van der Waals surface area contributed by atoms with Crippen LogP contribution in [0, 0.1) is 0 Å². The number of fused-ring (bicyclic) bond motifs is 4. The zero-order valence-electron chi connectivity index (χ0n) is 74.0. The van der Waals surface area contributed by atoms with Crippen LogP contribution in [0.15, 0.2) is 183 Å². The van der Waals surface area contributed by atoms with E-state index in [2.05, 4.69) is 123 Å². The second kappa shape index (κ2) is 43.6. The fourth-order valence-corrected chi connectivity index (χ4v) is 18.1. The van der Waals surface area contributed by atoms with Gasteiger partial charge in [0, 0.05) is 164 Å². The number of alkyl halides is 3. The van der Waals surface area contributed by atoms with Crippen molar-refractivity contribution in [3.63, 3.8) is 0 Å². The zero-order valence-corrected chi connectivity index (χ0v) is 77.2. The van der Waals surface area contributed by atoms with Crippen LogP contribution < -0.4 is 47.4 Å². The van der Waals surface area contributed by atoms with Crippen molar-refractivity contribution < 1.29 is 62.2 Å². The lowest BCUT2D eigenvalue weighted by Crippen LogP contribution is -2.36. The smallest absolute Gasteiger partial charge is 0.387 e. The van der Waals surface area contributed by atoms with E-state index in [1.165, 1.54) is 57.6 Å². The molecule has 18 rings (SSSR count). The number of morpholine rings is 1. The van der Waals surface area contributed by atoms with E-state index < -0.39 is 36.3 Å². The molecule has 0 radical (unpaired) electrons. The van der Waals surface area contributed by atoms with Crippen molar-refractivity contribution in [2.45, 2.75) is 104 Å². The summed E-state index contributed by atoms with van der Waals surface area (Å²) in [6, 6.07) is 35.6. The van der Waals surface area contributed by atoms with Crippen LogP contribution in [0.1, 0.15) is 120 Å². The Morgan fingerprint density at radius 2 is 0.807 bits per heavy atom. The highest BCUT2D eigenvalue weighted by atomic mass is 32.1. The number of halogens is 3. The standard InChI is InChI=1S/C25H27N7O3S.C24H26N8O3S.C22H18F3N5O2S.C22H21N5O2S/c1-4-26-24(34)32-25-31-20-10-14(16-11-28-22(13(2)33)29-12-16)9-18(21(20)36-25)23-27-6-5-19(30-23)15-7-17(8-15)35-3;1-3-25-23(34)31-24-29-18-11-15(16-12-27-21(14(2)33)28-13-16)10-17(20(18)36-24)22-26-5-4-19(30-22)32-6-8-35-9-7-32;1-2-26-20(32)30-21-29-17-10-13(9-14(18(17)33-21)15-5-3-4-8-27-15)12-6-7-16(28-11-12)19(31)22(23,24)25;1-3-23-21(29)27-22-26-19-11-15(14-7-8-17(13(2)28)25-12-14)10-16(20(19)30-22)18-6-4-5-9-24-18/h5-6,9-13,15,17,33H,4,7-8H2,1-3H3,(H2,26,31,32,34);4-5,10-14,33H,3,6-9H2,1-2H3,(H2,25,29,31,34);3-11,19,31H,2H2,1H3,(H2,26,29,30,32);4-13,28H,3H2,1-2H3,(H2,23,26,27,29). The first-order valence-electron chi connectivity index (χ1n) is 43.0. The molecule has 12 aromatic heterocycles. The van der Waals surface area contributed by atoms with Gasteiger partial charge in [-0.2, -0.15) is 13.2 Å². The number of carbonyl (C=O) groups excluding carboxylic acids is 4. The second-order valence-corrected chi connectivity index (χ2v) is 34.7. The van der Waals surface area contributed by atoms with E-state index in [0.717, 1.165) is 129 Å². The number of hydrogen-bond donors (Lipinski definition) is 12. The molecule has 2 fully saturated rings. The number of nitrogens with zero attached hydrogens (tertiary/aromatic N) is 17. The Bertz CT molecular complexity index is 6840. The summed E-state index contributed by atoms with van der Waals surface area (Å²) in [5.41, 5.74) is 14.9. The van der Waals surface area contributed by atoms with Crippen molar-refractivity contribution in [1.82, 2.24) is 101 Å². The number of pyridine rings is 4. The monoisotopic (exact) mass is 1900 g/mol. The lowest BCUT2D eigenvalue weighted by atomic mass is 9.80. The molecule has 42 heteroatoms. The largest absolute Gasteiger partial charge is 0.420 e. The summed E-state index contributed by atoms with van der Waals surface area (Å²) in [5, 5.41) is 62.4. The van der Waals surface area contributed by atoms with E-state index in [4.69, 9.17) is 19.4 Å². The maximum Gasteiger partial charge on any atom is 0.420 e. The van der Waals surface area contributed by atoms with Gasteiger partial charge in [-0.3, -0.25) is 41.2 Å². The van der Waals surface area contributed by atoms with Gasteiger partial charge < -0.3 is 56.1 Å². The molecule has 4 unspecified atom stereocenters. The average molecular weight is 1910 g/mol. The SMILES string of the molecule is CCNC(=O)Nc1nc2cc(-c3ccc(C(C)O)nc3)cc(-c3ccccn3)c2s1.CCNC(=O)Nc1nc2cc(-c3ccc(C(O)C(F)(F)F)nc3)cc(-c3ccccn3)c2s1.CCNC(=O)Nc1nc2cc(-c3cnc(C(C)O)nc3)cc(-c3nccc(C4CC(OC)C4)n3)c2s1.CCNC(=O)Nc1nc2cc(-c3cnc(C(C)O)nc3)cc(-c3nccc(N4CCOCC4)n3)c2s1. The van der Waals surface area contributed by atoms with Gasteiger partial charge in [-0.15, -0.1) is 0 Å². The predicted octanol–water partition coefficient (Wildman–Crippen LogP) is 17.3. The number of aliphatic hydroxyl groups is 4. The first kappa shape index (κ1) is 95.4. The molecule has 0 bridgehead atoms. The molecule has 12 N–H and O–H groups in total. The zero-order chi connectivity index (χ0) is 95.0. The molecule has 0 spiro atoms. The van der Waals surface area contributed by atoms with Gasteiger partial charge in [-0.05, 0) is 181 Å². The molecule has 16 aromatic rings. The number of anilines is 5. The number of amides is 8. The molecule has 35 nitrogen and oxygen atoms in total. The number of nitrogens with one attached hydrogen (secondary N) is 8. The highest BCUT2D eigenvalue weighted by Crippen LogP contribution is 2.45. The van der Waals surface area contributed by atoms with Gasteiger partial charge in [0.2, 0.25) is 0 Å². The molecule has 1 aliphatic carbocycles. The van der Waals surface area contributed by atoms with Gasteiger partial charge in [-0.25, -0.2) is 79.0 Å². The fourth-order valence-electron chi connectivity index (χ4n) is 14.3. The van der Waals surface area contributed by atoms with Gasteiger partial charge in [0.25, 0.3) is 0 Å². The van der Waals surface area contributed by atoms with Gasteiger partial charge in [0.05, 0.1) is 89.1 Å². The summed E-state index contributed by atoms with van der Waals surface area (Å²) in [6.07, 6.45) is 9.23. The molecule has 2 aliphatic rings. The van der Waals surface area contributed by atoms with Crippen molar-refractivity contribution in [1.29, 1.82) is 0 Å². The summed E-state index contributed by atoms with van der Waals surface area (Å²) in [6.45, 7) is 17.2. The number of urea groups is 4. The molecule has 1 saturated carbocycles. The summed E-state index contributed by atoms with van der Waals surface area (Å²) < 4.78 is 52.7. The third-order valence-electron chi connectivity index (χ3n) is 21.1. The highest BCUT2D eigenvalue weighted by Gasteiger charge is 2.40. The van der Waals surface area contributed by atoms with Gasteiger partial charge >= 0.3 is 30.3 Å². The number of rotatable bonds is 23. The highest BCUT2D eigenvalue weighted by molar-refractivity contribution is 7.24. The van der Waals surface area contributed by atoms with E-state index in [9.17, 15) is 52.8 Å². The quantitative estimate of drug-likeness (QED) is 0.0283. The molecular weight excluding hydrogens is 1810 g/mol. The maximum atomic E-state index is 12.8. The van der Waals surface area contributed by atoms with Gasteiger partial charge in [-0.1, -0.05) is 69.6 Å². The van der Waals surface area contributed by atoms with E-state index in [1.54, 1.807) is 103 Å². The molecule has 1 saturated heterocycles. The van der Waals surface area contributed by atoms with Crippen LogP contribution in [0.25, 0.3) is 131 Å². The van der Waals surface area contributed by atoms with Crippen LogP contribution in [-0.4, -0.2) is 196 Å². The van der Waals surface area contributed by atoms with Crippen LogP contribution in [0.2, 0.25) is 0 Å². The lowest BCUT2D eigenvalue weighted by molar-refractivity contribution is -0.207. The van der Waals surface area contributed by atoms with E-state index >= 15 is 0 Å². The molecule has 135 heavy (non-hydrogen) atoms. The molecule has 1 aliphatic heterocycles. The number of benzene rings is 4. The first-order valence-corrected chi connectivity index (χ1v) is 46.2. The lowest BCUT2D eigenvalue weighted by Gasteiger charge is -2.33. The van der Waals surface area contributed by atoms with E-state index in [1.807, 2.05) is 112 Å². The minimum atomic E-state index is -4.80. The number of ether oxygens (including phenoxy) is 2. The Morgan fingerprint density at radius 1 is 0.430 bits per heavy atom. The van der Waals surface area contributed by atoms with Crippen molar-refractivity contribution in [3.05, 3.63) is 212 Å². The molecule has 13 heterocycles. The first-order chi connectivity index (χ1) is 65.3. The minimum Gasteiger partial charge on any atom is -0.387 e. The third-order valence-corrected chi connectivity index (χ3v) is 25.1. The van der Waals surface area contributed by atoms with Crippen LogP contribution >= 0.6 is 45.3 Å². The Kier molecular flexibility index (Phi) is 30.8. The molecular formula is C93H92F3N25O10S4. The maximum absolute atomic E-state index is 12.8. The molecule has 4 atom stereocenters. The Hall–Kier alpha value is -14.2. The minimum absolute atomic E-state index is 0.275. The average Bonchev–Trinajstić information content (AvgIpc) is 1.68. The van der Waals surface area contributed by atoms with Crippen LogP contribution in [0.4, 0.5) is 58.7 Å². The second-order valence-electron chi connectivity index (χ2n) is 30.7. The predicted molar refractivity (Wildman–Crippen MR) is 515 cm³/mol. The van der Waals surface area contributed by atoms with Crippen LogP contribution in [-0.2, 0) is 9.47 Å². The molecule has 4 aromatic carbocycles. The normalized spacial score (nSPS) is 14.4. The van der Waals surface area contributed by atoms with Gasteiger partial charge in [0.1, 0.15) is 18.0 Å². The summed E-state index contributed by atoms with van der Waals surface area (Å²) in [5.74, 6) is 3.03. The number of aromatic nitrogens is 16. The van der Waals surface area contributed by atoms with Crippen molar-refractivity contribution in [2.75, 3.05) is 85.8 Å². The van der Waals surface area contributed by atoms with Crippen molar-refractivity contribution in [2.24, 2.45) is 0 Å². The number of aliphatic hydroxyl groups excluding tert-OH is 4. The Labute approximate surface area is 786 Å². The van der Waals surface area contributed by atoms with Crippen molar-refractivity contribution in [3.8, 4) is 89.8 Å². The third kappa shape index (κ3) is 23.5. The Morgan fingerprint density at radius 3 is 1.17 bits per heavy atom. The number of methoxy groups -OCH3 is 1. The van der Waals surface area contributed by atoms with Crippen LogP contribution in [0.5, 0.6) is 0 Å². The van der Waals surface area contributed by atoms with E-state index in [-0.39, 0.29) is 30.2 Å². The fraction of sp³-hybridized carbons (Fsp3) is 0.269. The number of thiazole rings is 4.